The molecule has 0 saturated heterocycles. The molecule has 0 aliphatic heterocycles. The maximum Gasteiger partial charge on any atom is 0.0810 e. The molecule has 68 valence electrons. The molecule has 0 aromatic rings. The van der Waals surface area contributed by atoms with Crippen LogP contribution in [0.2, 0.25) is 0 Å². The lowest BCUT2D eigenvalue weighted by Crippen LogP contribution is -2.54. The molecule has 0 aliphatic rings. The summed E-state index contributed by atoms with van der Waals surface area (Å²) in [5.74, 6) is 1.09. The van der Waals surface area contributed by atoms with Gasteiger partial charge >= 0.3 is 0 Å². The predicted molar refractivity (Wildman–Crippen MR) is 68.4 cm³/mol. The number of nitrogens with two attached hydrogens (primary N) is 1. The maximum atomic E-state index is 6.31. The summed E-state index contributed by atoms with van der Waals surface area (Å²) in [6.45, 7) is 8.79. The van der Waals surface area contributed by atoms with Crippen molar-refractivity contribution >= 4 is 45.2 Å². The van der Waals surface area contributed by atoms with E-state index in [0.29, 0.717) is 13.8 Å². The lowest BCUT2D eigenvalue weighted by Gasteiger charge is -2.39. The van der Waals surface area contributed by atoms with Gasteiger partial charge in [0.05, 0.1) is 1.93 Å². The van der Waals surface area contributed by atoms with Crippen molar-refractivity contribution in [3.8, 4) is 0 Å². The van der Waals surface area contributed by atoms with Crippen molar-refractivity contribution in [3.05, 3.63) is 0 Å². The SMILES string of the molecule is CC(C)C(N)(C(C)C)C(I)I. The molecule has 0 radical (unpaired) electrons. The number of halogens is 2. The third kappa shape index (κ3) is 2.69. The Labute approximate surface area is 97.2 Å². The zero-order valence-electron chi connectivity index (χ0n) is 7.57. The van der Waals surface area contributed by atoms with E-state index in [2.05, 4.69) is 72.9 Å². The van der Waals surface area contributed by atoms with E-state index in [0.717, 1.165) is 0 Å². The van der Waals surface area contributed by atoms with Crippen LogP contribution in [0.3, 0.4) is 0 Å². The van der Waals surface area contributed by atoms with Crippen LogP contribution in [0, 0.1) is 11.8 Å². The van der Waals surface area contributed by atoms with E-state index < -0.39 is 0 Å². The van der Waals surface area contributed by atoms with E-state index in [4.69, 9.17) is 5.73 Å². The molecule has 2 N–H and O–H groups in total. The van der Waals surface area contributed by atoms with Crippen LogP contribution >= 0.6 is 45.2 Å². The van der Waals surface area contributed by atoms with Crippen LogP contribution in [0.4, 0.5) is 0 Å². The van der Waals surface area contributed by atoms with Gasteiger partial charge in [-0.2, -0.15) is 0 Å². The summed E-state index contributed by atoms with van der Waals surface area (Å²) in [7, 11) is 0. The average molecular weight is 381 g/mol. The second kappa shape index (κ2) is 4.60. The van der Waals surface area contributed by atoms with Gasteiger partial charge in [-0.25, -0.2) is 0 Å². The summed E-state index contributed by atoms with van der Waals surface area (Å²) in [5.41, 5.74) is 6.28. The van der Waals surface area contributed by atoms with Crippen molar-refractivity contribution in [1.29, 1.82) is 0 Å². The zero-order valence-corrected chi connectivity index (χ0v) is 11.9. The molecule has 0 heterocycles. The molecule has 1 nitrogen and oxygen atoms in total. The molecule has 0 atom stereocenters. The molecule has 0 spiro atoms. The van der Waals surface area contributed by atoms with Crippen molar-refractivity contribution in [2.45, 2.75) is 35.2 Å². The number of rotatable bonds is 3. The van der Waals surface area contributed by atoms with Crippen molar-refractivity contribution < 1.29 is 0 Å². The molecule has 0 aromatic heterocycles. The van der Waals surface area contributed by atoms with Crippen LogP contribution in [-0.2, 0) is 0 Å². The standard InChI is InChI=1S/C8H17I2N/c1-5(2)8(11,6(3)4)7(9)10/h5-7H,11H2,1-4H3. The van der Waals surface area contributed by atoms with Gasteiger partial charge in [-0.1, -0.05) is 72.9 Å². The van der Waals surface area contributed by atoms with Gasteiger partial charge in [-0.05, 0) is 11.8 Å². The van der Waals surface area contributed by atoms with Crippen LogP contribution in [0.25, 0.3) is 0 Å². The van der Waals surface area contributed by atoms with Crippen molar-refractivity contribution in [1.82, 2.24) is 0 Å². The molecule has 0 aromatic carbocycles. The Balaban J connectivity index is 4.53. The monoisotopic (exact) mass is 381 g/mol. The quantitative estimate of drug-likeness (QED) is 0.590. The summed E-state index contributed by atoms with van der Waals surface area (Å²) in [5, 5.41) is 0. The van der Waals surface area contributed by atoms with E-state index in [1.165, 1.54) is 0 Å². The Morgan fingerprint density at radius 1 is 1.00 bits per heavy atom. The topological polar surface area (TPSA) is 26.0 Å². The Morgan fingerprint density at radius 2 is 1.27 bits per heavy atom. The van der Waals surface area contributed by atoms with Crippen LogP contribution in [0.1, 0.15) is 27.7 Å². The highest BCUT2D eigenvalue weighted by atomic mass is 127. The highest BCUT2D eigenvalue weighted by Gasteiger charge is 2.37. The number of hydrogen-bond donors (Lipinski definition) is 1. The highest BCUT2D eigenvalue weighted by Crippen LogP contribution is 2.35. The lowest BCUT2D eigenvalue weighted by molar-refractivity contribution is 0.255. The van der Waals surface area contributed by atoms with E-state index in [1.54, 1.807) is 0 Å². The van der Waals surface area contributed by atoms with Crippen molar-refractivity contribution in [3.63, 3.8) is 0 Å². The summed E-state index contributed by atoms with van der Waals surface area (Å²) in [6, 6.07) is 0. The fourth-order valence-electron chi connectivity index (χ4n) is 1.17. The molecule has 0 unspecified atom stereocenters. The first-order valence-electron chi connectivity index (χ1n) is 3.90. The molecule has 3 heteroatoms. The third-order valence-electron chi connectivity index (χ3n) is 2.38. The van der Waals surface area contributed by atoms with Gasteiger partial charge in [-0.15, -0.1) is 0 Å². The van der Waals surface area contributed by atoms with Crippen molar-refractivity contribution in [2.75, 3.05) is 0 Å². The first-order valence-corrected chi connectivity index (χ1v) is 6.39. The van der Waals surface area contributed by atoms with E-state index in [1.807, 2.05) is 0 Å². The first kappa shape index (κ1) is 12.4. The number of hydrogen-bond acceptors (Lipinski definition) is 1. The molecular weight excluding hydrogens is 364 g/mol. The predicted octanol–water partition coefficient (Wildman–Crippen LogP) is 3.19. The van der Waals surface area contributed by atoms with Gasteiger partial charge in [0.15, 0.2) is 0 Å². The van der Waals surface area contributed by atoms with Gasteiger partial charge in [0.25, 0.3) is 0 Å². The minimum atomic E-state index is -0.0267. The molecule has 0 rings (SSSR count). The van der Waals surface area contributed by atoms with Crippen LogP contribution < -0.4 is 5.73 Å². The zero-order chi connectivity index (χ0) is 9.23. The normalized spacial score (nSPS) is 13.6. The van der Waals surface area contributed by atoms with Crippen LogP contribution in [0.15, 0.2) is 0 Å². The fraction of sp³-hybridized carbons (Fsp3) is 1.00. The Morgan fingerprint density at radius 3 is 1.27 bits per heavy atom. The van der Waals surface area contributed by atoms with Crippen LogP contribution in [0.5, 0.6) is 0 Å². The summed E-state index contributed by atoms with van der Waals surface area (Å²) in [6.07, 6.45) is 0. The lowest BCUT2D eigenvalue weighted by atomic mass is 9.80. The largest absolute Gasteiger partial charge is 0.323 e. The minimum absolute atomic E-state index is 0.0267. The maximum absolute atomic E-state index is 6.31. The molecule has 0 amide bonds. The Kier molecular flexibility index (Phi) is 5.19. The summed E-state index contributed by atoms with van der Waals surface area (Å²) >= 11 is 4.83. The third-order valence-corrected chi connectivity index (χ3v) is 4.54. The minimum Gasteiger partial charge on any atom is -0.323 e. The van der Waals surface area contributed by atoms with Crippen molar-refractivity contribution in [2.24, 2.45) is 17.6 Å². The molecular formula is C8H17I2N. The van der Waals surface area contributed by atoms with Gasteiger partial charge in [0.2, 0.25) is 0 Å². The summed E-state index contributed by atoms with van der Waals surface area (Å²) in [4.78, 5) is 0. The average Bonchev–Trinajstić information content (AvgIpc) is 1.84. The van der Waals surface area contributed by atoms with Gasteiger partial charge in [0.1, 0.15) is 0 Å². The highest BCUT2D eigenvalue weighted by molar-refractivity contribution is 14.2. The Hall–Kier alpha value is 1.42. The molecule has 0 aliphatic carbocycles. The fourth-order valence-corrected chi connectivity index (χ4v) is 4.05. The second-order valence-electron chi connectivity index (χ2n) is 3.61. The molecule has 0 bridgehead atoms. The van der Waals surface area contributed by atoms with E-state index in [-0.39, 0.29) is 5.54 Å². The van der Waals surface area contributed by atoms with Gasteiger partial charge in [0, 0.05) is 5.54 Å². The first-order chi connectivity index (χ1) is 4.83. The van der Waals surface area contributed by atoms with Crippen LogP contribution in [-0.4, -0.2) is 7.47 Å². The van der Waals surface area contributed by atoms with E-state index >= 15 is 0 Å². The van der Waals surface area contributed by atoms with Gasteiger partial charge < -0.3 is 5.73 Å². The summed E-state index contributed by atoms with van der Waals surface area (Å²) < 4.78 is 0.498. The smallest absolute Gasteiger partial charge is 0.0810 e. The number of alkyl halides is 2. The molecule has 0 fully saturated rings. The molecule has 0 saturated carbocycles. The second-order valence-corrected chi connectivity index (χ2v) is 8.48. The molecule has 11 heavy (non-hydrogen) atoms. The Bertz CT molecular complexity index is 99.5. The van der Waals surface area contributed by atoms with E-state index in [9.17, 15) is 0 Å². The van der Waals surface area contributed by atoms with Gasteiger partial charge in [-0.3, -0.25) is 0 Å².